The molecule has 0 aromatic heterocycles. The fourth-order valence-electron chi connectivity index (χ4n) is 3.55. The fraction of sp³-hybridized carbons (Fsp3) is 0.364. The highest BCUT2D eigenvalue weighted by Crippen LogP contribution is 2.24. The summed E-state index contributed by atoms with van der Waals surface area (Å²) in [7, 11) is 0. The summed E-state index contributed by atoms with van der Waals surface area (Å²) in [5.41, 5.74) is 1.31. The van der Waals surface area contributed by atoms with Crippen molar-refractivity contribution >= 4 is 23.4 Å². The van der Waals surface area contributed by atoms with Gasteiger partial charge in [-0.2, -0.15) is 0 Å². The smallest absolute Gasteiger partial charge is 0.253 e. The molecule has 142 valence electrons. The number of hydrogen-bond acceptors (Lipinski definition) is 2. The second-order valence-corrected chi connectivity index (χ2v) is 7.48. The summed E-state index contributed by atoms with van der Waals surface area (Å²) in [6.07, 6.45) is 5.08. The number of carbonyl (C=O) groups is 2. The monoisotopic (exact) mass is 384 g/mol. The van der Waals surface area contributed by atoms with Gasteiger partial charge in [-0.1, -0.05) is 66.9 Å². The molecule has 4 nitrogen and oxygen atoms in total. The molecule has 2 aromatic rings. The molecule has 1 atom stereocenters. The van der Waals surface area contributed by atoms with E-state index in [2.05, 4.69) is 10.6 Å². The van der Waals surface area contributed by atoms with Crippen LogP contribution in [0.15, 0.2) is 54.6 Å². The maximum absolute atomic E-state index is 12.7. The number of amides is 2. The minimum Gasteiger partial charge on any atom is -0.356 e. The van der Waals surface area contributed by atoms with Crippen LogP contribution in [0.4, 0.5) is 0 Å². The zero-order valence-corrected chi connectivity index (χ0v) is 16.0. The maximum atomic E-state index is 12.7. The zero-order valence-electron chi connectivity index (χ0n) is 15.3. The molecule has 27 heavy (non-hydrogen) atoms. The van der Waals surface area contributed by atoms with Gasteiger partial charge >= 0.3 is 0 Å². The summed E-state index contributed by atoms with van der Waals surface area (Å²) < 4.78 is 0. The average molecular weight is 385 g/mol. The van der Waals surface area contributed by atoms with Crippen molar-refractivity contribution in [1.29, 1.82) is 0 Å². The molecule has 0 aliphatic heterocycles. The zero-order chi connectivity index (χ0) is 19.1. The Balaban J connectivity index is 1.66. The third-order valence-corrected chi connectivity index (χ3v) is 5.41. The maximum Gasteiger partial charge on any atom is 0.253 e. The Morgan fingerprint density at radius 1 is 1.00 bits per heavy atom. The van der Waals surface area contributed by atoms with Crippen molar-refractivity contribution in [2.24, 2.45) is 5.92 Å². The molecule has 1 aliphatic rings. The summed E-state index contributed by atoms with van der Waals surface area (Å²) in [5, 5.41) is 6.39. The highest BCUT2D eigenvalue weighted by molar-refractivity contribution is 6.33. The van der Waals surface area contributed by atoms with E-state index >= 15 is 0 Å². The van der Waals surface area contributed by atoms with Gasteiger partial charge in [0.15, 0.2) is 0 Å². The summed E-state index contributed by atoms with van der Waals surface area (Å²) in [6.45, 7) is 0.721. The predicted molar refractivity (Wildman–Crippen MR) is 108 cm³/mol. The molecule has 2 amide bonds. The fourth-order valence-corrected chi connectivity index (χ4v) is 3.77. The Morgan fingerprint density at radius 2 is 1.67 bits per heavy atom. The van der Waals surface area contributed by atoms with Crippen molar-refractivity contribution in [2.75, 3.05) is 6.54 Å². The van der Waals surface area contributed by atoms with E-state index in [1.54, 1.807) is 24.3 Å². The molecule has 1 unspecified atom stereocenters. The minimum absolute atomic E-state index is 0.0461. The summed E-state index contributed by atoms with van der Waals surface area (Å²) >= 11 is 6.14. The van der Waals surface area contributed by atoms with Gasteiger partial charge in [0, 0.05) is 6.54 Å². The first-order valence-electron chi connectivity index (χ1n) is 9.50. The SMILES string of the molecule is O=C(CC(NC(=O)c1ccccc1Cl)c1ccccc1)NCC1CCCC1. The summed E-state index contributed by atoms with van der Waals surface area (Å²) in [4.78, 5) is 25.2. The minimum atomic E-state index is -0.404. The van der Waals surface area contributed by atoms with Crippen molar-refractivity contribution in [2.45, 2.75) is 38.1 Å². The van der Waals surface area contributed by atoms with E-state index in [0.717, 1.165) is 12.1 Å². The van der Waals surface area contributed by atoms with Crippen LogP contribution in [0.25, 0.3) is 0 Å². The van der Waals surface area contributed by atoms with E-state index < -0.39 is 6.04 Å². The summed E-state index contributed by atoms with van der Waals surface area (Å²) in [5.74, 6) is 0.259. The van der Waals surface area contributed by atoms with E-state index in [1.165, 1.54) is 25.7 Å². The highest BCUT2D eigenvalue weighted by atomic mass is 35.5. The second kappa shape index (κ2) is 9.56. The van der Waals surface area contributed by atoms with Crippen molar-refractivity contribution in [3.05, 3.63) is 70.7 Å². The first kappa shape index (κ1) is 19.4. The molecular weight excluding hydrogens is 360 g/mol. The van der Waals surface area contributed by atoms with Crippen molar-refractivity contribution in [1.82, 2.24) is 10.6 Å². The van der Waals surface area contributed by atoms with Crippen LogP contribution in [-0.2, 0) is 4.79 Å². The number of carbonyl (C=O) groups excluding carboxylic acids is 2. The molecule has 0 spiro atoms. The lowest BCUT2D eigenvalue weighted by atomic mass is 10.0. The van der Waals surface area contributed by atoms with Crippen LogP contribution in [0.1, 0.15) is 54.1 Å². The lowest BCUT2D eigenvalue weighted by Crippen LogP contribution is -2.35. The highest BCUT2D eigenvalue weighted by Gasteiger charge is 2.21. The topological polar surface area (TPSA) is 58.2 Å². The van der Waals surface area contributed by atoms with Gasteiger partial charge in [-0.15, -0.1) is 0 Å². The van der Waals surface area contributed by atoms with Gasteiger partial charge in [0.2, 0.25) is 5.91 Å². The lowest BCUT2D eigenvalue weighted by molar-refractivity contribution is -0.121. The third kappa shape index (κ3) is 5.57. The molecule has 1 aliphatic carbocycles. The quantitative estimate of drug-likeness (QED) is 0.738. The molecule has 5 heteroatoms. The van der Waals surface area contributed by atoms with E-state index in [4.69, 9.17) is 11.6 Å². The van der Waals surface area contributed by atoms with E-state index in [9.17, 15) is 9.59 Å². The van der Waals surface area contributed by atoms with E-state index in [0.29, 0.717) is 16.5 Å². The van der Waals surface area contributed by atoms with Crippen LogP contribution < -0.4 is 10.6 Å². The van der Waals surface area contributed by atoms with Crippen LogP contribution in [0, 0.1) is 5.92 Å². The number of hydrogen-bond donors (Lipinski definition) is 2. The Kier molecular flexibility index (Phi) is 6.88. The van der Waals surface area contributed by atoms with Crippen LogP contribution in [0.5, 0.6) is 0 Å². The van der Waals surface area contributed by atoms with Gasteiger partial charge < -0.3 is 10.6 Å². The first-order valence-corrected chi connectivity index (χ1v) is 9.88. The normalized spacial score (nSPS) is 15.3. The van der Waals surface area contributed by atoms with E-state index in [1.807, 2.05) is 30.3 Å². The first-order chi connectivity index (χ1) is 13.1. The Hall–Kier alpha value is -2.33. The number of benzene rings is 2. The number of halogens is 1. The van der Waals surface area contributed by atoms with Gasteiger partial charge in [-0.3, -0.25) is 9.59 Å². The van der Waals surface area contributed by atoms with Crippen molar-refractivity contribution in [3.63, 3.8) is 0 Å². The number of rotatable bonds is 7. The van der Waals surface area contributed by atoms with Crippen molar-refractivity contribution in [3.8, 4) is 0 Å². The molecule has 2 aromatic carbocycles. The van der Waals surface area contributed by atoms with Crippen LogP contribution in [-0.4, -0.2) is 18.4 Å². The summed E-state index contributed by atoms with van der Waals surface area (Å²) in [6, 6.07) is 16.1. The lowest BCUT2D eigenvalue weighted by Gasteiger charge is -2.20. The van der Waals surface area contributed by atoms with Gasteiger partial charge in [0.1, 0.15) is 0 Å². The molecule has 3 rings (SSSR count). The standard InChI is InChI=1S/C22H25ClN2O2/c23-19-13-7-6-12-18(19)22(27)25-20(17-10-2-1-3-11-17)14-21(26)24-15-16-8-4-5-9-16/h1-3,6-7,10-13,16,20H,4-5,8-9,14-15H2,(H,24,26)(H,25,27). The van der Waals surface area contributed by atoms with Crippen LogP contribution >= 0.6 is 11.6 Å². The van der Waals surface area contributed by atoms with Gasteiger partial charge in [-0.25, -0.2) is 0 Å². The van der Waals surface area contributed by atoms with Crippen LogP contribution in [0.2, 0.25) is 5.02 Å². The van der Waals surface area contributed by atoms with E-state index in [-0.39, 0.29) is 18.2 Å². The van der Waals surface area contributed by atoms with Crippen LogP contribution in [0.3, 0.4) is 0 Å². The Labute approximate surface area is 165 Å². The molecule has 0 radical (unpaired) electrons. The Morgan fingerprint density at radius 3 is 2.37 bits per heavy atom. The molecule has 0 saturated heterocycles. The van der Waals surface area contributed by atoms with Gasteiger partial charge in [0.25, 0.3) is 5.91 Å². The Bertz CT molecular complexity index is 773. The molecule has 1 fully saturated rings. The largest absolute Gasteiger partial charge is 0.356 e. The third-order valence-electron chi connectivity index (χ3n) is 5.08. The molecule has 0 heterocycles. The molecular formula is C22H25ClN2O2. The second-order valence-electron chi connectivity index (χ2n) is 7.08. The molecule has 0 bridgehead atoms. The predicted octanol–water partition coefficient (Wildman–Crippen LogP) is 4.51. The van der Waals surface area contributed by atoms with Gasteiger partial charge in [-0.05, 0) is 36.5 Å². The average Bonchev–Trinajstić information content (AvgIpc) is 3.20. The van der Waals surface area contributed by atoms with Gasteiger partial charge in [0.05, 0.1) is 23.0 Å². The molecule has 1 saturated carbocycles. The molecule has 2 N–H and O–H groups in total. The van der Waals surface area contributed by atoms with Crippen molar-refractivity contribution < 1.29 is 9.59 Å². The number of nitrogens with one attached hydrogen (secondary N) is 2.